The molecule has 2 aromatic carbocycles. The first-order valence-corrected chi connectivity index (χ1v) is 9.57. The van der Waals surface area contributed by atoms with E-state index in [1.54, 1.807) is 20.8 Å². The van der Waals surface area contributed by atoms with Crippen LogP contribution < -0.4 is 5.32 Å². The van der Waals surface area contributed by atoms with Gasteiger partial charge in [-0.15, -0.1) is 0 Å². The summed E-state index contributed by atoms with van der Waals surface area (Å²) in [7, 11) is 0. The van der Waals surface area contributed by atoms with E-state index >= 15 is 0 Å². The Bertz CT molecular complexity index is 845. The Kier molecular flexibility index (Phi) is 8.29. The van der Waals surface area contributed by atoms with Gasteiger partial charge < -0.3 is 14.8 Å². The molecule has 29 heavy (non-hydrogen) atoms. The largest absolute Gasteiger partial charge is 0.459 e. The highest BCUT2D eigenvalue weighted by molar-refractivity contribution is 5.81. The van der Waals surface area contributed by atoms with Crippen LogP contribution in [0.4, 0.5) is 4.79 Å². The van der Waals surface area contributed by atoms with Crippen LogP contribution in [0.5, 0.6) is 0 Å². The van der Waals surface area contributed by atoms with E-state index in [4.69, 9.17) is 9.47 Å². The molecule has 0 aliphatic heterocycles. The number of hydrogen-bond acceptors (Lipinski definition) is 4. The Morgan fingerprint density at radius 3 is 2.24 bits per heavy atom. The summed E-state index contributed by atoms with van der Waals surface area (Å²) in [5.74, 6) is 5.56. The molecule has 0 radical (unpaired) electrons. The molecule has 0 bridgehead atoms. The summed E-state index contributed by atoms with van der Waals surface area (Å²) in [6.45, 7) is 5.43. The fourth-order valence-corrected chi connectivity index (χ4v) is 2.43. The average molecular weight is 393 g/mol. The molecule has 1 amide bonds. The zero-order valence-corrected chi connectivity index (χ0v) is 17.1. The molecule has 5 heteroatoms. The molecule has 0 fully saturated rings. The SMILES string of the molecule is CC(C)(C)OC(=O)N[C@@H](CCC#Cc1ccccc1)C(=O)OCc1ccccc1. The summed E-state index contributed by atoms with van der Waals surface area (Å²) >= 11 is 0. The average Bonchev–Trinajstić information content (AvgIpc) is 2.68. The van der Waals surface area contributed by atoms with Crippen LogP contribution in [0.15, 0.2) is 60.7 Å². The van der Waals surface area contributed by atoms with E-state index in [0.717, 1.165) is 11.1 Å². The van der Waals surface area contributed by atoms with Gasteiger partial charge in [-0.2, -0.15) is 0 Å². The predicted molar refractivity (Wildman–Crippen MR) is 112 cm³/mol. The van der Waals surface area contributed by atoms with Gasteiger partial charge in [-0.25, -0.2) is 9.59 Å². The smallest absolute Gasteiger partial charge is 0.408 e. The monoisotopic (exact) mass is 393 g/mol. The van der Waals surface area contributed by atoms with Crippen molar-refractivity contribution < 1.29 is 19.1 Å². The zero-order valence-electron chi connectivity index (χ0n) is 17.1. The Morgan fingerprint density at radius 2 is 1.62 bits per heavy atom. The molecule has 5 nitrogen and oxygen atoms in total. The van der Waals surface area contributed by atoms with E-state index in [0.29, 0.717) is 12.8 Å². The van der Waals surface area contributed by atoms with Crippen LogP contribution in [-0.4, -0.2) is 23.7 Å². The van der Waals surface area contributed by atoms with Crippen LogP contribution in [0.1, 0.15) is 44.7 Å². The Balaban J connectivity index is 1.96. The highest BCUT2D eigenvalue weighted by Crippen LogP contribution is 2.09. The third-order valence-electron chi connectivity index (χ3n) is 3.76. The second kappa shape index (κ2) is 10.9. The van der Waals surface area contributed by atoms with Crippen LogP contribution in [0.25, 0.3) is 0 Å². The summed E-state index contributed by atoms with van der Waals surface area (Å²) in [6.07, 6.45) is 0.0952. The third-order valence-corrected chi connectivity index (χ3v) is 3.76. The van der Waals surface area contributed by atoms with E-state index < -0.39 is 23.7 Å². The third kappa shape index (κ3) is 8.98. The van der Waals surface area contributed by atoms with Gasteiger partial charge in [0.1, 0.15) is 18.2 Å². The molecule has 1 N–H and O–H groups in total. The minimum absolute atomic E-state index is 0.141. The summed E-state index contributed by atoms with van der Waals surface area (Å²) in [4.78, 5) is 24.7. The number of ether oxygens (including phenoxy) is 2. The van der Waals surface area contributed by atoms with Crippen LogP contribution in [0.2, 0.25) is 0 Å². The number of carbonyl (C=O) groups excluding carboxylic acids is 2. The molecule has 1 atom stereocenters. The van der Waals surface area contributed by atoms with Crippen molar-refractivity contribution in [3.05, 3.63) is 71.8 Å². The highest BCUT2D eigenvalue weighted by atomic mass is 16.6. The molecule has 0 aromatic heterocycles. The topological polar surface area (TPSA) is 64.6 Å². The maximum atomic E-state index is 12.5. The number of amides is 1. The van der Waals surface area contributed by atoms with E-state index in [9.17, 15) is 9.59 Å². The van der Waals surface area contributed by atoms with Gasteiger partial charge in [-0.1, -0.05) is 60.4 Å². The molecule has 0 aliphatic rings. The summed E-state index contributed by atoms with van der Waals surface area (Å²) < 4.78 is 10.6. The van der Waals surface area contributed by atoms with E-state index in [2.05, 4.69) is 17.2 Å². The number of esters is 1. The lowest BCUT2D eigenvalue weighted by atomic mass is 10.1. The molecule has 2 rings (SSSR count). The van der Waals surface area contributed by atoms with Gasteiger partial charge in [-0.05, 0) is 44.9 Å². The van der Waals surface area contributed by atoms with Crippen LogP contribution in [0, 0.1) is 11.8 Å². The Morgan fingerprint density at radius 1 is 1.00 bits per heavy atom. The fourth-order valence-electron chi connectivity index (χ4n) is 2.43. The summed E-state index contributed by atoms with van der Waals surface area (Å²) in [5.41, 5.74) is 1.12. The zero-order chi connectivity index (χ0) is 21.1. The Labute approximate surface area is 172 Å². The second-order valence-electron chi connectivity index (χ2n) is 7.50. The lowest BCUT2D eigenvalue weighted by Crippen LogP contribution is -2.44. The van der Waals surface area contributed by atoms with Crippen molar-refractivity contribution in [3.63, 3.8) is 0 Å². The summed E-state index contributed by atoms with van der Waals surface area (Å²) in [5, 5.41) is 2.60. The van der Waals surface area contributed by atoms with Gasteiger partial charge >= 0.3 is 12.1 Å². The molecule has 0 heterocycles. The fraction of sp³-hybridized carbons (Fsp3) is 0.333. The number of nitrogens with one attached hydrogen (secondary N) is 1. The van der Waals surface area contributed by atoms with Crippen LogP contribution in [0.3, 0.4) is 0 Å². The maximum Gasteiger partial charge on any atom is 0.408 e. The normalized spacial score (nSPS) is 11.6. The minimum atomic E-state index is -0.835. The van der Waals surface area contributed by atoms with Gasteiger partial charge in [0, 0.05) is 12.0 Å². The van der Waals surface area contributed by atoms with Gasteiger partial charge in [0.05, 0.1) is 0 Å². The van der Waals surface area contributed by atoms with Crippen LogP contribution in [-0.2, 0) is 20.9 Å². The number of hydrogen-bond donors (Lipinski definition) is 1. The van der Waals surface area contributed by atoms with Gasteiger partial charge in [-0.3, -0.25) is 0 Å². The molecule has 152 valence electrons. The van der Waals surface area contributed by atoms with E-state index in [1.165, 1.54) is 0 Å². The number of rotatable bonds is 6. The molecule has 0 saturated heterocycles. The van der Waals surface area contributed by atoms with Gasteiger partial charge in [0.2, 0.25) is 0 Å². The maximum absolute atomic E-state index is 12.5. The van der Waals surface area contributed by atoms with Gasteiger partial charge in [0.15, 0.2) is 0 Å². The standard InChI is InChI=1S/C24H27NO4/c1-24(2,3)29-23(27)25-21(17-11-10-14-19-12-6-4-7-13-19)22(26)28-18-20-15-8-5-9-16-20/h4-9,12-13,15-16,21H,11,17-18H2,1-3H3,(H,25,27)/t21-/m0/s1. The molecular formula is C24H27NO4. The minimum Gasteiger partial charge on any atom is -0.459 e. The van der Waals surface area contributed by atoms with Crippen molar-refractivity contribution in [2.24, 2.45) is 0 Å². The highest BCUT2D eigenvalue weighted by Gasteiger charge is 2.25. The van der Waals surface area contributed by atoms with Crippen molar-refractivity contribution in [2.45, 2.75) is 51.9 Å². The molecular weight excluding hydrogens is 366 g/mol. The molecule has 0 spiro atoms. The summed E-state index contributed by atoms with van der Waals surface area (Å²) in [6, 6.07) is 18.1. The number of benzene rings is 2. The van der Waals surface area contributed by atoms with E-state index in [-0.39, 0.29) is 6.61 Å². The van der Waals surface area contributed by atoms with E-state index in [1.807, 2.05) is 60.7 Å². The van der Waals surface area contributed by atoms with Crippen molar-refractivity contribution in [2.75, 3.05) is 0 Å². The number of carbonyl (C=O) groups is 2. The lowest BCUT2D eigenvalue weighted by Gasteiger charge is -2.22. The van der Waals surface area contributed by atoms with Crippen LogP contribution >= 0.6 is 0 Å². The Hall–Kier alpha value is -3.26. The predicted octanol–water partition coefficient (Wildman–Crippen LogP) is 4.46. The first-order chi connectivity index (χ1) is 13.8. The van der Waals surface area contributed by atoms with Gasteiger partial charge in [0.25, 0.3) is 0 Å². The first kappa shape index (κ1) is 22.0. The van der Waals surface area contributed by atoms with Crippen molar-refractivity contribution in [1.82, 2.24) is 5.32 Å². The quantitative estimate of drug-likeness (QED) is 0.581. The van der Waals surface area contributed by atoms with Crippen molar-refractivity contribution >= 4 is 12.1 Å². The first-order valence-electron chi connectivity index (χ1n) is 9.57. The second-order valence-corrected chi connectivity index (χ2v) is 7.50. The molecule has 0 unspecified atom stereocenters. The van der Waals surface area contributed by atoms with Crippen molar-refractivity contribution in [1.29, 1.82) is 0 Å². The number of alkyl carbamates (subject to hydrolysis) is 1. The lowest BCUT2D eigenvalue weighted by molar-refractivity contribution is -0.147. The molecule has 0 aliphatic carbocycles. The van der Waals surface area contributed by atoms with Crippen molar-refractivity contribution in [3.8, 4) is 11.8 Å². The molecule has 0 saturated carbocycles. The molecule has 2 aromatic rings.